The minimum atomic E-state index is -1.38. The SMILES string of the molecule is CC(C)(CCC(=O)N1C[C@@H]2C#CC[C@](c3ccc(CCCOc4c(F)ccc(F)c4F)cc3)(N2)C1C(=O)N(Cc1ccccc1F)C1CC1)C(=O)O. The van der Waals surface area contributed by atoms with Crippen LogP contribution in [0, 0.1) is 40.5 Å². The summed E-state index contributed by atoms with van der Waals surface area (Å²) in [7, 11) is 0. The highest BCUT2D eigenvalue weighted by Gasteiger charge is 2.56. The van der Waals surface area contributed by atoms with Crippen molar-refractivity contribution in [3.63, 3.8) is 0 Å². The minimum Gasteiger partial charge on any atom is -0.488 e. The Labute approximate surface area is 300 Å². The van der Waals surface area contributed by atoms with Gasteiger partial charge in [-0.15, -0.1) is 0 Å². The Morgan fingerprint density at radius 1 is 1.00 bits per heavy atom. The predicted octanol–water partition coefficient (Wildman–Crippen LogP) is 6.11. The van der Waals surface area contributed by atoms with Gasteiger partial charge >= 0.3 is 5.97 Å². The van der Waals surface area contributed by atoms with Crippen molar-refractivity contribution in [3.8, 4) is 17.6 Å². The highest BCUT2D eigenvalue weighted by molar-refractivity contribution is 5.90. The van der Waals surface area contributed by atoms with Crippen LogP contribution >= 0.6 is 0 Å². The summed E-state index contributed by atoms with van der Waals surface area (Å²) in [6, 6.07) is 13.6. The molecule has 0 aromatic heterocycles. The van der Waals surface area contributed by atoms with E-state index in [0.717, 1.165) is 24.5 Å². The monoisotopic (exact) mass is 719 g/mol. The van der Waals surface area contributed by atoms with Crippen molar-refractivity contribution in [2.45, 2.75) is 89.0 Å². The molecule has 1 saturated heterocycles. The first-order valence-corrected chi connectivity index (χ1v) is 17.5. The van der Waals surface area contributed by atoms with Gasteiger partial charge in [0.1, 0.15) is 11.9 Å². The number of amides is 2. The summed E-state index contributed by atoms with van der Waals surface area (Å²) in [4.78, 5) is 44.2. The minimum absolute atomic E-state index is 0.0242. The highest BCUT2D eigenvalue weighted by atomic mass is 19.2. The van der Waals surface area contributed by atoms with Crippen LogP contribution in [0.5, 0.6) is 5.75 Å². The second kappa shape index (κ2) is 15.0. The fourth-order valence-corrected chi connectivity index (χ4v) is 6.95. The van der Waals surface area contributed by atoms with Gasteiger partial charge in [0, 0.05) is 37.5 Å². The van der Waals surface area contributed by atoms with Crippen molar-refractivity contribution in [2.75, 3.05) is 13.2 Å². The van der Waals surface area contributed by atoms with Crippen LogP contribution in [0.2, 0.25) is 0 Å². The lowest BCUT2D eigenvalue weighted by molar-refractivity contribution is -0.156. The number of hydrogen-bond acceptors (Lipinski definition) is 5. The van der Waals surface area contributed by atoms with Crippen LogP contribution in [0.4, 0.5) is 17.6 Å². The van der Waals surface area contributed by atoms with Gasteiger partial charge in [-0.1, -0.05) is 54.3 Å². The molecule has 2 bridgehead atoms. The number of nitrogens with one attached hydrogen (secondary N) is 1. The number of hydrogen-bond donors (Lipinski definition) is 2. The van der Waals surface area contributed by atoms with Gasteiger partial charge in [-0.25, -0.2) is 13.2 Å². The lowest BCUT2D eigenvalue weighted by Crippen LogP contribution is -2.73. The molecule has 2 amide bonds. The number of aliphatic carboxylic acids is 1. The second-order valence-corrected chi connectivity index (χ2v) is 14.4. The van der Waals surface area contributed by atoms with Gasteiger partial charge in [-0.3, -0.25) is 19.7 Å². The van der Waals surface area contributed by atoms with Gasteiger partial charge in [0.2, 0.25) is 17.6 Å². The molecule has 2 heterocycles. The zero-order chi connectivity index (χ0) is 37.2. The van der Waals surface area contributed by atoms with Crippen molar-refractivity contribution in [1.82, 2.24) is 15.1 Å². The maximum atomic E-state index is 15.0. The quantitative estimate of drug-likeness (QED) is 0.0904. The van der Waals surface area contributed by atoms with E-state index in [9.17, 15) is 37.1 Å². The molecule has 0 radical (unpaired) electrons. The van der Waals surface area contributed by atoms with E-state index in [-0.39, 0.29) is 56.8 Å². The summed E-state index contributed by atoms with van der Waals surface area (Å²) in [5, 5.41) is 13.3. The summed E-state index contributed by atoms with van der Waals surface area (Å²) < 4.78 is 61.7. The maximum Gasteiger partial charge on any atom is 0.309 e. The Balaban J connectivity index is 1.28. The normalized spacial score (nSPS) is 20.8. The van der Waals surface area contributed by atoms with Gasteiger partial charge in [0.15, 0.2) is 17.4 Å². The Hall–Kier alpha value is -4.89. The fourth-order valence-electron chi connectivity index (χ4n) is 6.95. The van der Waals surface area contributed by atoms with Crippen LogP contribution in [0.15, 0.2) is 60.7 Å². The largest absolute Gasteiger partial charge is 0.488 e. The van der Waals surface area contributed by atoms with Crippen molar-refractivity contribution >= 4 is 17.8 Å². The number of ether oxygens (including phenoxy) is 1. The fraction of sp³-hybridized carbons (Fsp3) is 0.425. The summed E-state index contributed by atoms with van der Waals surface area (Å²) in [5.41, 5.74) is -0.372. The third-order valence-corrected chi connectivity index (χ3v) is 10.2. The molecule has 6 rings (SSSR count). The lowest BCUT2D eigenvalue weighted by atomic mass is 9.73. The summed E-state index contributed by atoms with van der Waals surface area (Å²) in [5.74, 6) is -0.155. The number of benzene rings is 3. The number of piperazine rings is 1. The number of carbonyl (C=O) groups is 3. The zero-order valence-electron chi connectivity index (χ0n) is 29.1. The molecule has 2 N–H and O–H groups in total. The van der Waals surface area contributed by atoms with Gasteiger partial charge in [0.25, 0.3) is 0 Å². The van der Waals surface area contributed by atoms with E-state index >= 15 is 0 Å². The van der Waals surface area contributed by atoms with Gasteiger partial charge in [-0.2, -0.15) is 4.39 Å². The number of halogens is 4. The first-order chi connectivity index (χ1) is 24.8. The number of aryl methyl sites for hydroxylation is 1. The predicted molar refractivity (Wildman–Crippen MR) is 184 cm³/mol. The smallest absolute Gasteiger partial charge is 0.309 e. The maximum absolute atomic E-state index is 15.0. The summed E-state index contributed by atoms with van der Waals surface area (Å²) in [6.45, 7) is 3.18. The molecule has 2 aliphatic heterocycles. The van der Waals surface area contributed by atoms with Gasteiger partial charge in [-0.05, 0) is 75.3 Å². The molecule has 274 valence electrons. The Morgan fingerprint density at radius 3 is 2.40 bits per heavy atom. The van der Waals surface area contributed by atoms with E-state index in [0.29, 0.717) is 30.0 Å². The van der Waals surface area contributed by atoms with Crippen molar-refractivity contribution < 1.29 is 41.8 Å². The van der Waals surface area contributed by atoms with E-state index in [1.54, 1.807) is 41.8 Å². The average molecular weight is 720 g/mol. The third kappa shape index (κ3) is 7.65. The Kier molecular flexibility index (Phi) is 10.6. The molecule has 1 aliphatic carbocycles. The molecule has 0 spiro atoms. The second-order valence-electron chi connectivity index (χ2n) is 14.4. The average Bonchev–Trinajstić information content (AvgIpc) is 3.97. The van der Waals surface area contributed by atoms with Crippen molar-refractivity contribution in [3.05, 3.63) is 101 Å². The standard InChI is InChI=1S/C40H41F4N3O5/c1-39(2,38(50)51)21-19-33(48)47-24-28-9-5-20-40(45-28,36(47)37(49)46(29-15-16-29)23-26-8-3-4-10-30(26)41)27-13-11-25(12-14-27)7-6-22-52-35-32(43)18-17-31(42)34(35)44/h3-4,8,10-14,17-18,28-29,36,45H,6-7,15-16,19-24H2,1-2H3,(H,50,51)/t28-,36?,40+/m0/s1. The number of fused-ring (bicyclic) bond motifs is 2. The molecule has 12 heteroatoms. The molecule has 52 heavy (non-hydrogen) atoms. The van der Waals surface area contributed by atoms with Crippen LogP contribution in [0.1, 0.15) is 69.1 Å². The van der Waals surface area contributed by atoms with Crippen molar-refractivity contribution in [1.29, 1.82) is 0 Å². The van der Waals surface area contributed by atoms with Crippen LogP contribution in [0.3, 0.4) is 0 Å². The topological polar surface area (TPSA) is 99.2 Å². The lowest BCUT2D eigenvalue weighted by Gasteiger charge is -2.53. The van der Waals surface area contributed by atoms with E-state index in [1.807, 2.05) is 24.3 Å². The van der Waals surface area contributed by atoms with E-state index in [1.165, 1.54) is 6.07 Å². The molecule has 2 fully saturated rings. The number of rotatable bonds is 14. The van der Waals surface area contributed by atoms with E-state index in [4.69, 9.17) is 4.74 Å². The van der Waals surface area contributed by atoms with Crippen LogP contribution < -0.4 is 10.1 Å². The molecular weight excluding hydrogens is 678 g/mol. The number of carbonyl (C=O) groups excluding carboxylic acids is 2. The first kappa shape index (κ1) is 36.9. The van der Waals surface area contributed by atoms with Crippen molar-refractivity contribution in [2.24, 2.45) is 5.41 Å². The highest BCUT2D eigenvalue weighted by Crippen LogP contribution is 2.41. The molecule has 8 nitrogen and oxygen atoms in total. The molecule has 3 aromatic carbocycles. The Bertz CT molecular complexity index is 1900. The zero-order valence-corrected chi connectivity index (χ0v) is 29.1. The van der Waals surface area contributed by atoms with Gasteiger partial charge in [0.05, 0.1) is 23.6 Å². The summed E-state index contributed by atoms with van der Waals surface area (Å²) in [6.07, 6.45) is 2.48. The number of nitrogens with zero attached hydrogens (tertiary/aromatic N) is 2. The molecule has 3 atom stereocenters. The molecule has 3 aromatic rings. The van der Waals surface area contributed by atoms with E-state index < -0.39 is 58.0 Å². The molecule has 1 saturated carbocycles. The molecular formula is C40H41F4N3O5. The molecule has 1 unspecified atom stereocenters. The number of carboxylic acids is 1. The van der Waals surface area contributed by atoms with Crippen LogP contribution in [-0.2, 0) is 32.9 Å². The molecule has 3 aliphatic rings. The van der Waals surface area contributed by atoms with Gasteiger partial charge < -0.3 is 19.6 Å². The Morgan fingerprint density at radius 2 is 1.71 bits per heavy atom. The number of carboxylic acid groups (broad SMARTS) is 1. The first-order valence-electron chi connectivity index (χ1n) is 17.5. The van der Waals surface area contributed by atoms with Crippen LogP contribution in [-0.4, -0.2) is 64.0 Å². The van der Waals surface area contributed by atoms with E-state index in [2.05, 4.69) is 17.2 Å². The van der Waals surface area contributed by atoms with Crippen LogP contribution in [0.25, 0.3) is 0 Å². The summed E-state index contributed by atoms with van der Waals surface area (Å²) >= 11 is 0. The third-order valence-electron chi connectivity index (χ3n) is 10.2.